The van der Waals surface area contributed by atoms with Crippen LogP contribution in [0, 0.1) is 6.92 Å². The number of hydrogen-bond donors (Lipinski definition) is 3. The minimum absolute atomic E-state index is 0.0820. The summed E-state index contributed by atoms with van der Waals surface area (Å²) in [6, 6.07) is 1.62. The molecule has 0 aliphatic carbocycles. The number of likely N-dealkylation sites (N-methyl/N-ethyl adjacent to an activating group) is 1. The zero-order chi connectivity index (χ0) is 29.3. The van der Waals surface area contributed by atoms with E-state index in [0.29, 0.717) is 29.1 Å². The number of nitrogens with zero attached hydrogens (tertiary/aromatic N) is 7. The van der Waals surface area contributed by atoms with Crippen LogP contribution in [0.3, 0.4) is 0 Å². The fourth-order valence-corrected chi connectivity index (χ4v) is 5.45. The van der Waals surface area contributed by atoms with E-state index in [1.807, 2.05) is 26.1 Å². The van der Waals surface area contributed by atoms with E-state index in [4.69, 9.17) is 9.72 Å². The molecule has 15 heteroatoms. The van der Waals surface area contributed by atoms with Crippen LogP contribution in [0.2, 0.25) is 0 Å². The number of hydrogen-bond acceptors (Lipinski definition) is 11. The lowest BCUT2D eigenvalue weighted by atomic mass is 10.1. The number of pyridine rings is 1. The van der Waals surface area contributed by atoms with Crippen molar-refractivity contribution in [2.45, 2.75) is 26.3 Å². The first-order chi connectivity index (χ1) is 19.6. The van der Waals surface area contributed by atoms with Crippen LogP contribution in [0.4, 0.5) is 17.5 Å². The summed E-state index contributed by atoms with van der Waals surface area (Å²) < 4.78 is 29.9. The lowest BCUT2D eigenvalue weighted by molar-refractivity contribution is -0.122. The molecule has 0 radical (unpaired) electrons. The Kier molecular flexibility index (Phi) is 7.93. The Hall–Kier alpha value is -4.08. The van der Waals surface area contributed by atoms with Crippen LogP contribution >= 0.6 is 0 Å². The highest BCUT2D eigenvalue weighted by molar-refractivity contribution is 7.89. The Morgan fingerprint density at radius 1 is 1.22 bits per heavy atom. The largest absolute Gasteiger partial charge is 0.478 e. The number of piperazine rings is 1. The van der Waals surface area contributed by atoms with Crippen LogP contribution in [0.25, 0.3) is 22.2 Å². The number of ether oxygens (including phenoxy) is 1. The number of aromatic amines is 1. The summed E-state index contributed by atoms with van der Waals surface area (Å²) in [6.07, 6.45) is 8.19. The van der Waals surface area contributed by atoms with E-state index in [0.717, 1.165) is 53.0 Å². The molecule has 0 aromatic carbocycles. The zero-order valence-electron chi connectivity index (χ0n) is 23.7. The topological polar surface area (TPSA) is 163 Å². The molecule has 1 amide bonds. The maximum absolute atomic E-state index is 13.3. The monoisotopic (exact) mass is 582 g/mol. The number of carbonyl (C=O) groups excluding carboxylic acids is 1. The number of rotatable bonds is 9. The number of methoxy groups -OCH3 is 1. The van der Waals surface area contributed by atoms with Gasteiger partial charge in [0, 0.05) is 55.7 Å². The Morgan fingerprint density at radius 3 is 2.66 bits per heavy atom. The number of carbonyl (C=O) groups is 1. The van der Waals surface area contributed by atoms with Crippen molar-refractivity contribution in [3.63, 3.8) is 0 Å². The SMILES string of the molecule is CCC(C(=O)Nc1nccc2c(-c3nc(Nc4cn(S(C)(=O)=O)nc4OC)ncc3C)c[nH]c12)N1CCN(C)CC1. The van der Waals surface area contributed by atoms with Crippen LogP contribution in [-0.4, -0.2) is 106 Å². The van der Waals surface area contributed by atoms with Gasteiger partial charge >= 0.3 is 0 Å². The molecule has 4 aromatic heterocycles. The summed E-state index contributed by atoms with van der Waals surface area (Å²) in [6.45, 7) is 7.47. The molecule has 1 aliphatic heterocycles. The summed E-state index contributed by atoms with van der Waals surface area (Å²) in [4.78, 5) is 34.6. The second kappa shape index (κ2) is 11.4. The summed E-state index contributed by atoms with van der Waals surface area (Å²) >= 11 is 0. The number of H-pyrrole nitrogens is 1. The average Bonchev–Trinajstić information content (AvgIpc) is 3.56. The minimum atomic E-state index is -3.61. The van der Waals surface area contributed by atoms with Gasteiger partial charge in [0.05, 0.1) is 36.8 Å². The number of aryl methyl sites for hydroxylation is 1. The fraction of sp³-hybridized carbons (Fsp3) is 0.423. The summed E-state index contributed by atoms with van der Waals surface area (Å²) in [5.41, 5.74) is 3.25. The Morgan fingerprint density at radius 2 is 1.98 bits per heavy atom. The van der Waals surface area contributed by atoms with Crippen molar-refractivity contribution >= 4 is 44.3 Å². The van der Waals surface area contributed by atoms with Gasteiger partial charge in [-0.25, -0.2) is 23.4 Å². The molecule has 1 atom stereocenters. The lowest BCUT2D eigenvalue weighted by Gasteiger charge is -2.36. The third kappa shape index (κ3) is 5.87. The van der Waals surface area contributed by atoms with Gasteiger partial charge in [-0.3, -0.25) is 9.69 Å². The summed E-state index contributed by atoms with van der Waals surface area (Å²) in [7, 11) is -0.125. The van der Waals surface area contributed by atoms with Gasteiger partial charge in [-0.2, -0.15) is 4.09 Å². The highest BCUT2D eigenvalue weighted by Gasteiger charge is 2.28. The molecule has 218 valence electrons. The molecule has 1 saturated heterocycles. The lowest BCUT2D eigenvalue weighted by Crippen LogP contribution is -2.52. The van der Waals surface area contributed by atoms with Crippen molar-refractivity contribution in [1.82, 2.24) is 38.9 Å². The molecule has 1 unspecified atom stereocenters. The van der Waals surface area contributed by atoms with E-state index in [1.54, 1.807) is 12.4 Å². The molecule has 14 nitrogen and oxygen atoms in total. The molecule has 3 N–H and O–H groups in total. The highest BCUT2D eigenvalue weighted by atomic mass is 32.2. The number of aromatic nitrogens is 6. The van der Waals surface area contributed by atoms with E-state index in [2.05, 4.69) is 47.5 Å². The van der Waals surface area contributed by atoms with Crippen LogP contribution in [0.15, 0.2) is 30.9 Å². The molecule has 0 saturated carbocycles. The van der Waals surface area contributed by atoms with Gasteiger partial charge in [0.25, 0.3) is 15.9 Å². The minimum Gasteiger partial charge on any atom is -0.478 e. The quantitative estimate of drug-likeness (QED) is 0.265. The Bertz CT molecular complexity index is 1670. The maximum Gasteiger partial charge on any atom is 0.257 e. The molecule has 0 bridgehead atoms. The van der Waals surface area contributed by atoms with E-state index in [-0.39, 0.29) is 23.8 Å². The molecule has 1 aliphatic rings. The maximum atomic E-state index is 13.3. The predicted octanol–water partition coefficient (Wildman–Crippen LogP) is 2.05. The van der Waals surface area contributed by atoms with Gasteiger partial charge in [0.2, 0.25) is 11.9 Å². The van der Waals surface area contributed by atoms with Gasteiger partial charge in [0.1, 0.15) is 5.69 Å². The second-order valence-corrected chi connectivity index (χ2v) is 11.9. The Labute approximate surface area is 238 Å². The van der Waals surface area contributed by atoms with E-state index in [9.17, 15) is 13.2 Å². The fourth-order valence-electron chi connectivity index (χ4n) is 4.93. The predicted molar refractivity (Wildman–Crippen MR) is 156 cm³/mol. The average molecular weight is 583 g/mol. The zero-order valence-corrected chi connectivity index (χ0v) is 24.5. The first-order valence-corrected chi connectivity index (χ1v) is 15.1. The summed E-state index contributed by atoms with van der Waals surface area (Å²) in [5.74, 6) is 0.685. The summed E-state index contributed by atoms with van der Waals surface area (Å²) in [5, 5.41) is 10.8. The number of amides is 1. The normalized spacial score (nSPS) is 15.6. The first kappa shape index (κ1) is 28.4. The third-order valence-electron chi connectivity index (χ3n) is 7.18. The van der Waals surface area contributed by atoms with E-state index in [1.165, 1.54) is 13.3 Å². The molecule has 0 spiro atoms. The van der Waals surface area contributed by atoms with Crippen molar-refractivity contribution in [1.29, 1.82) is 0 Å². The standard InChI is InChI=1S/C26H34N10O4S/c1-6-20(35-11-9-34(3)10-12-35)24(37)32-23-22-17(7-8-27-23)18(14-28-22)21-16(2)13-29-26(31-21)30-19-15-36(41(5,38)39)33-25(19)40-4/h7-8,13-15,20,28H,6,9-12H2,1-5H3,(H,27,32,37)(H,29,30,31). The van der Waals surface area contributed by atoms with Crippen LogP contribution in [0.5, 0.6) is 5.88 Å². The van der Waals surface area contributed by atoms with Crippen LogP contribution in [0.1, 0.15) is 18.9 Å². The van der Waals surface area contributed by atoms with E-state index >= 15 is 0 Å². The molecule has 4 aromatic rings. The van der Waals surface area contributed by atoms with E-state index < -0.39 is 10.0 Å². The van der Waals surface area contributed by atoms with Gasteiger partial charge < -0.3 is 25.3 Å². The molecular weight excluding hydrogens is 548 g/mol. The molecule has 5 rings (SSSR count). The molecular formula is C26H34N10O4S. The van der Waals surface area contributed by atoms with Crippen molar-refractivity contribution in [3.8, 4) is 17.1 Å². The van der Waals surface area contributed by atoms with Crippen molar-refractivity contribution in [3.05, 3.63) is 36.4 Å². The molecule has 5 heterocycles. The van der Waals surface area contributed by atoms with Crippen LogP contribution in [-0.2, 0) is 14.8 Å². The number of fused-ring (bicyclic) bond motifs is 1. The second-order valence-electron chi connectivity index (χ2n) is 10.1. The van der Waals surface area contributed by atoms with Crippen molar-refractivity contribution < 1.29 is 17.9 Å². The third-order valence-corrected chi connectivity index (χ3v) is 8.04. The van der Waals surface area contributed by atoms with Crippen LogP contribution < -0.4 is 15.4 Å². The van der Waals surface area contributed by atoms with Gasteiger partial charge in [-0.05, 0) is 32.0 Å². The number of nitrogens with one attached hydrogen (secondary N) is 3. The van der Waals surface area contributed by atoms with Crippen molar-refractivity contribution in [2.24, 2.45) is 0 Å². The van der Waals surface area contributed by atoms with Gasteiger partial charge in [0.15, 0.2) is 5.82 Å². The molecule has 1 fully saturated rings. The smallest absolute Gasteiger partial charge is 0.257 e. The highest BCUT2D eigenvalue weighted by Crippen LogP contribution is 2.33. The van der Waals surface area contributed by atoms with Gasteiger partial charge in [-0.1, -0.05) is 6.92 Å². The Balaban J connectivity index is 1.42. The van der Waals surface area contributed by atoms with Gasteiger partial charge in [-0.15, -0.1) is 5.10 Å². The van der Waals surface area contributed by atoms with Crippen molar-refractivity contribution in [2.75, 3.05) is 57.2 Å². The number of anilines is 3. The molecule has 41 heavy (non-hydrogen) atoms. The first-order valence-electron chi connectivity index (χ1n) is 13.2.